The number of hydrogen-bond acceptors (Lipinski definition) is 6. The zero-order chi connectivity index (χ0) is 14.8. The van der Waals surface area contributed by atoms with Gasteiger partial charge in [0.25, 0.3) is 0 Å². The molecule has 1 aromatic heterocycles. The molecule has 7 heteroatoms. The fraction of sp³-hybridized carbons (Fsp3) is 0.500. The highest BCUT2D eigenvalue weighted by Gasteiger charge is 2.28. The van der Waals surface area contributed by atoms with E-state index in [1.165, 1.54) is 5.56 Å². The smallest absolute Gasteiger partial charge is 0.209 e. The van der Waals surface area contributed by atoms with Gasteiger partial charge < -0.3 is 10.5 Å². The van der Waals surface area contributed by atoms with Crippen molar-refractivity contribution in [2.45, 2.75) is 37.0 Å². The third-order valence-corrected chi connectivity index (χ3v) is 4.58. The van der Waals surface area contributed by atoms with Gasteiger partial charge in [0, 0.05) is 17.4 Å². The largest absolute Gasteiger partial charge is 0.496 e. The highest BCUT2D eigenvalue weighted by Crippen LogP contribution is 2.37. The maximum Gasteiger partial charge on any atom is 0.209 e. The minimum atomic E-state index is -0.116. The van der Waals surface area contributed by atoms with Crippen molar-refractivity contribution in [3.8, 4) is 5.75 Å². The van der Waals surface area contributed by atoms with Crippen molar-refractivity contribution in [2.24, 2.45) is 5.73 Å². The van der Waals surface area contributed by atoms with Gasteiger partial charge in [0.15, 0.2) is 0 Å². The monoisotopic (exact) mass is 305 g/mol. The van der Waals surface area contributed by atoms with Crippen molar-refractivity contribution in [1.29, 1.82) is 0 Å². The second-order valence-corrected chi connectivity index (χ2v) is 6.29. The number of methoxy groups -OCH3 is 1. The van der Waals surface area contributed by atoms with Crippen molar-refractivity contribution in [3.63, 3.8) is 0 Å². The molecular formula is C14H19N5OS. The number of aryl methyl sites for hydroxylation is 1. The molecule has 21 heavy (non-hydrogen) atoms. The van der Waals surface area contributed by atoms with Crippen LogP contribution in [0.3, 0.4) is 0 Å². The summed E-state index contributed by atoms with van der Waals surface area (Å²) in [5.41, 5.74) is 8.52. The third-order valence-electron chi connectivity index (χ3n) is 3.53. The Morgan fingerprint density at radius 2 is 2.29 bits per heavy atom. The van der Waals surface area contributed by atoms with Crippen molar-refractivity contribution < 1.29 is 4.74 Å². The molecule has 3 rings (SSSR count). The Bertz CT molecular complexity index is 626. The number of thioether (sulfide) groups is 1. The SMILES string of the molecule is COc1ccc(C)cc1C(N)CSc1nnnn1C1CC1. The highest BCUT2D eigenvalue weighted by molar-refractivity contribution is 7.99. The van der Waals surface area contributed by atoms with Crippen LogP contribution in [0.25, 0.3) is 0 Å². The maximum atomic E-state index is 6.32. The number of rotatable bonds is 6. The number of tetrazole rings is 1. The van der Waals surface area contributed by atoms with E-state index in [4.69, 9.17) is 10.5 Å². The molecule has 1 fully saturated rings. The Labute approximate surface area is 128 Å². The van der Waals surface area contributed by atoms with Crippen molar-refractivity contribution in [2.75, 3.05) is 12.9 Å². The van der Waals surface area contributed by atoms with E-state index < -0.39 is 0 Å². The molecule has 1 atom stereocenters. The molecule has 6 nitrogen and oxygen atoms in total. The number of nitrogens with two attached hydrogens (primary N) is 1. The predicted molar refractivity (Wildman–Crippen MR) is 81.5 cm³/mol. The molecule has 1 aliphatic rings. The summed E-state index contributed by atoms with van der Waals surface area (Å²) in [4.78, 5) is 0. The standard InChI is InChI=1S/C14H19N5OS/c1-9-3-6-13(20-2)11(7-9)12(15)8-21-14-16-17-18-19(14)10-4-5-10/h3,6-7,10,12H,4-5,8,15H2,1-2H3. The summed E-state index contributed by atoms with van der Waals surface area (Å²) in [6, 6.07) is 6.43. The van der Waals surface area contributed by atoms with Crippen LogP contribution in [0.5, 0.6) is 5.75 Å². The summed E-state index contributed by atoms with van der Waals surface area (Å²) in [7, 11) is 1.67. The van der Waals surface area contributed by atoms with Crippen LogP contribution < -0.4 is 10.5 Å². The van der Waals surface area contributed by atoms with Gasteiger partial charge in [-0.1, -0.05) is 29.5 Å². The lowest BCUT2D eigenvalue weighted by atomic mass is 10.1. The molecule has 0 spiro atoms. The summed E-state index contributed by atoms with van der Waals surface area (Å²) in [5.74, 6) is 1.54. The lowest BCUT2D eigenvalue weighted by molar-refractivity contribution is 0.407. The lowest BCUT2D eigenvalue weighted by Gasteiger charge is -2.16. The van der Waals surface area contributed by atoms with Crippen LogP contribution >= 0.6 is 11.8 Å². The molecule has 1 aromatic carbocycles. The lowest BCUT2D eigenvalue weighted by Crippen LogP contribution is -2.15. The van der Waals surface area contributed by atoms with Gasteiger partial charge in [0.2, 0.25) is 5.16 Å². The van der Waals surface area contributed by atoms with E-state index in [0.717, 1.165) is 29.3 Å². The number of aromatic nitrogens is 4. The number of hydrogen-bond donors (Lipinski definition) is 1. The molecule has 1 heterocycles. The molecule has 0 amide bonds. The van der Waals surface area contributed by atoms with Crippen molar-refractivity contribution in [1.82, 2.24) is 20.2 Å². The second-order valence-electron chi connectivity index (χ2n) is 5.30. The zero-order valence-electron chi connectivity index (χ0n) is 12.2. The van der Waals surface area contributed by atoms with Crippen LogP contribution in [0.15, 0.2) is 23.4 Å². The molecule has 0 saturated heterocycles. The molecule has 1 aliphatic carbocycles. The van der Waals surface area contributed by atoms with Gasteiger partial charge in [-0.2, -0.15) is 0 Å². The fourth-order valence-corrected chi connectivity index (χ4v) is 3.15. The van der Waals surface area contributed by atoms with Gasteiger partial charge in [-0.25, -0.2) is 4.68 Å². The first-order chi connectivity index (χ1) is 10.2. The van der Waals surface area contributed by atoms with Gasteiger partial charge in [-0.3, -0.25) is 0 Å². The minimum Gasteiger partial charge on any atom is -0.496 e. The van der Waals surface area contributed by atoms with Gasteiger partial charge >= 0.3 is 0 Å². The molecule has 1 unspecified atom stereocenters. The van der Waals surface area contributed by atoms with Crippen LogP contribution in [0.4, 0.5) is 0 Å². The van der Waals surface area contributed by atoms with Crippen LogP contribution in [0.2, 0.25) is 0 Å². The number of nitrogens with zero attached hydrogens (tertiary/aromatic N) is 4. The number of ether oxygens (including phenoxy) is 1. The van der Waals surface area contributed by atoms with Crippen LogP contribution in [0.1, 0.15) is 36.1 Å². The maximum absolute atomic E-state index is 6.32. The molecule has 1 saturated carbocycles. The Balaban J connectivity index is 1.70. The molecule has 112 valence electrons. The third kappa shape index (κ3) is 3.19. The van der Waals surface area contributed by atoms with Crippen molar-refractivity contribution >= 4 is 11.8 Å². The summed E-state index contributed by atoms with van der Waals surface area (Å²) in [6.07, 6.45) is 2.33. The molecule has 2 N–H and O–H groups in total. The van der Waals surface area contributed by atoms with Gasteiger partial charge in [-0.15, -0.1) is 5.10 Å². The number of benzene rings is 1. The van der Waals surface area contributed by atoms with E-state index in [0.29, 0.717) is 11.8 Å². The average Bonchev–Trinajstić information content (AvgIpc) is 3.23. The topological polar surface area (TPSA) is 78.8 Å². The normalized spacial score (nSPS) is 16.0. The first kappa shape index (κ1) is 14.3. The summed E-state index contributed by atoms with van der Waals surface area (Å²) < 4.78 is 7.30. The van der Waals surface area contributed by atoms with E-state index in [1.54, 1.807) is 18.9 Å². The highest BCUT2D eigenvalue weighted by atomic mass is 32.2. The zero-order valence-corrected chi connectivity index (χ0v) is 13.0. The quantitative estimate of drug-likeness (QED) is 0.824. The second kappa shape index (κ2) is 6.03. The Morgan fingerprint density at radius 3 is 3.00 bits per heavy atom. The fourth-order valence-electron chi connectivity index (χ4n) is 2.23. The van der Waals surface area contributed by atoms with Crippen LogP contribution in [-0.2, 0) is 0 Å². The van der Waals surface area contributed by atoms with Gasteiger partial charge in [-0.05, 0) is 36.3 Å². The summed E-state index contributed by atoms with van der Waals surface area (Å²) in [6.45, 7) is 2.05. The van der Waals surface area contributed by atoms with Crippen molar-refractivity contribution in [3.05, 3.63) is 29.3 Å². The average molecular weight is 305 g/mol. The molecule has 2 aromatic rings. The van der Waals surface area contributed by atoms with Crippen LogP contribution in [0, 0.1) is 6.92 Å². The van der Waals surface area contributed by atoms with Gasteiger partial charge in [0.1, 0.15) is 5.75 Å². The van der Waals surface area contributed by atoms with E-state index >= 15 is 0 Å². The summed E-state index contributed by atoms with van der Waals surface area (Å²) in [5, 5.41) is 12.7. The first-order valence-electron chi connectivity index (χ1n) is 7.00. The molecule has 0 bridgehead atoms. The van der Waals surface area contributed by atoms with Gasteiger partial charge in [0.05, 0.1) is 13.2 Å². The molecule has 0 aliphatic heterocycles. The molecular weight excluding hydrogens is 286 g/mol. The molecule has 0 radical (unpaired) electrons. The van der Waals surface area contributed by atoms with E-state index in [1.807, 2.05) is 16.8 Å². The summed E-state index contributed by atoms with van der Waals surface area (Å²) >= 11 is 1.60. The predicted octanol–water partition coefficient (Wildman–Crippen LogP) is 2.12. The van der Waals surface area contributed by atoms with Crippen LogP contribution in [-0.4, -0.2) is 33.1 Å². The Kier molecular flexibility index (Phi) is 4.12. The Morgan fingerprint density at radius 1 is 1.48 bits per heavy atom. The first-order valence-corrected chi connectivity index (χ1v) is 7.98. The Hall–Kier alpha value is -1.60. The van der Waals surface area contributed by atoms with E-state index in [2.05, 4.69) is 28.5 Å². The minimum absolute atomic E-state index is 0.116. The van der Waals surface area contributed by atoms with E-state index in [-0.39, 0.29) is 6.04 Å². The van der Waals surface area contributed by atoms with E-state index in [9.17, 15) is 0 Å².